The van der Waals surface area contributed by atoms with Crippen LogP contribution in [0.15, 0.2) is 0 Å². The molecule has 1 aliphatic rings. The Morgan fingerprint density at radius 3 is 2.71 bits per heavy atom. The van der Waals surface area contributed by atoms with Crippen molar-refractivity contribution in [3.8, 4) is 0 Å². The molecule has 1 heterocycles. The minimum absolute atomic E-state index is 0.00324. The van der Waals surface area contributed by atoms with E-state index in [1.807, 2.05) is 0 Å². The summed E-state index contributed by atoms with van der Waals surface area (Å²) in [6.07, 6.45) is -0.583. The Morgan fingerprint density at radius 1 is 1.59 bits per heavy atom. The Morgan fingerprint density at radius 2 is 2.24 bits per heavy atom. The second kappa shape index (κ2) is 5.60. The van der Waals surface area contributed by atoms with Crippen LogP contribution < -0.4 is 0 Å². The molecule has 1 saturated heterocycles. The standard InChI is InChI=1S/C12H20O5/c1-4-17-11(15)12(8(2)9(3)13)7-16-6-5-10(12)14/h8-9,13H,4-7H2,1-3H3. The van der Waals surface area contributed by atoms with E-state index in [4.69, 9.17) is 9.47 Å². The molecule has 3 unspecified atom stereocenters. The van der Waals surface area contributed by atoms with Gasteiger partial charge in [0.25, 0.3) is 0 Å². The number of ether oxygens (including phenoxy) is 2. The number of Topliss-reactive ketones (excluding diaryl/α,β-unsaturated/α-hetero) is 1. The molecule has 0 aliphatic carbocycles. The van der Waals surface area contributed by atoms with Crippen LogP contribution in [0.2, 0.25) is 0 Å². The molecule has 17 heavy (non-hydrogen) atoms. The molecule has 0 amide bonds. The van der Waals surface area contributed by atoms with Crippen LogP contribution >= 0.6 is 0 Å². The van der Waals surface area contributed by atoms with Gasteiger partial charge in [0, 0.05) is 12.3 Å². The molecule has 0 saturated carbocycles. The summed E-state index contributed by atoms with van der Waals surface area (Å²) < 4.78 is 10.2. The fraction of sp³-hybridized carbons (Fsp3) is 0.833. The van der Waals surface area contributed by atoms with Gasteiger partial charge in [-0.25, -0.2) is 0 Å². The lowest BCUT2D eigenvalue weighted by atomic mass is 9.69. The zero-order chi connectivity index (χ0) is 13.1. The van der Waals surface area contributed by atoms with Crippen LogP contribution in [-0.4, -0.2) is 42.8 Å². The van der Waals surface area contributed by atoms with Gasteiger partial charge in [0.15, 0.2) is 11.2 Å². The fourth-order valence-corrected chi connectivity index (χ4v) is 2.12. The molecule has 0 aromatic carbocycles. The van der Waals surface area contributed by atoms with E-state index in [0.29, 0.717) is 6.61 Å². The van der Waals surface area contributed by atoms with Gasteiger partial charge in [0.1, 0.15) is 0 Å². The van der Waals surface area contributed by atoms with Gasteiger partial charge in [-0.1, -0.05) is 6.92 Å². The van der Waals surface area contributed by atoms with Gasteiger partial charge >= 0.3 is 5.97 Å². The molecular formula is C12H20O5. The van der Waals surface area contributed by atoms with Crippen molar-refractivity contribution in [3.05, 3.63) is 0 Å². The van der Waals surface area contributed by atoms with Crippen LogP contribution in [0.25, 0.3) is 0 Å². The van der Waals surface area contributed by atoms with Crippen LogP contribution in [0.1, 0.15) is 27.2 Å². The molecule has 0 radical (unpaired) electrons. The number of hydrogen-bond acceptors (Lipinski definition) is 5. The topological polar surface area (TPSA) is 72.8 Å². The molecule has 0 aromatic heterocycles. The van der Waals surface area contributed by atoms with E-state index >= 15 is 0 Å². The van der Waals surface area contributed by atoms with Crippen LogP contribution in [0.4, 0.5) is 0 Å². The monoisotopic (exact) mass is 244 g/mol. The molecule has 1 N–H and O–H groups in total. The highest BCUT2D eigenvalue weighted by molar-refractivity contribution is 6.04. The van der Waals surface area contributed by atoms with E-state index < -0.39 is 23.4 Å². The molecule has 5 heteroatoms. The SMILES string of the molecule is CCOC(=O)C1(C(C)C(C)O)COCCC1=O. The lowest BCUT2D eigenvalue weighted by molar-refractivity contribution is -0.178. The maximum absolute atomic E-state index is 12.1. The maximum Gasteiger partial charge on any atom is 0.322 e. The number of aliphatic hydroxyl groups excluding tert-OH is 1. The zero-order valence-electron chi connectivity index (χ0n) is 10.6. The third kappa shape index (κ3) is 2.50. The van der Waals surface area contributed by atoms with E-state index in [1.165, 1.54) is 0 Å². The Labute approximate surface area is 101 Å². The van der Waals surface area contributed by atoms with Gasteiger partial charge < -0.3 is 14.6 Å². The Balaban J connectivity index is 3.06. The summed E-state index contributed by atoms with van der Waals surface area (Å²) >= 11 is 0. The van der Waals surface area contributed by atoms with E-state index in [2.05, 4.69) is 0 Å². The van der Waals surface area contributed by atoms with E-state index in [1.54, 1.807) is 20.8 Å². The second-order valence-electron chi connectivity index (χ2n) is 4.45. The third-order valence-electron chi connectivity index (χ3n) is 3.44. The van der Waals surface area contributed by atoms with Crippen molar-refractivity contribution in [1.29, 1.82) is 0 Å². The van der Waals surface area contributed by atoms with Crippen molar-refractivity contribution in [2.45, 2.75) is 33.3 Å². The number of rotatable bonds is 4. The van der Waals surface area contributed by atoms with Crippen molar-refractivity contribution < 1.29 is 24.2 Å². The number of carbonyl (C=O) groups excluding carboxylic acids is 2. The number of esters is 1. The van der Waals surface area contributed by atoms with Gasteiger partial charge in [-0.3, -0.25) is 9.59 Å². The first kappa shape index (κ1) is 14.1. The van der Waals surface area contributed by atoms with Gasteiger partial charge in [0.05, 0.1) is 25.9 Å². The number of carbonyl (C=O) groups is 2. The van der Waals surface area contributed by atoms with Crippen molar-refractivity contribution in [2.75, 3.05) is 19.8 Å². The average Bonchev–Trinajstić information content (AvgIpc) is 2.29. The van der Waals surface area contributed by atoms with Crippen molar-refractivity contribution in [3.63, 3.8) is 0 Å². The summed E-state index contributed by atoms with van der Waals surface area (Å²) in [5.41, 5.74) is -1.34. The average molecular weight is 244 g/mol. The molecule has 0 spiro atoms. The molecular weight excluding hydrogens is 224 g/mol. The van der Waals surface area contributed by atoms with Gasteiger partial charge in [-0.05, 0) is 13.8 Å². The minimum Gasteiger partial charge on any atom is -0.465 e. The summed E-state index contributed by atoms with van der Waals surface area (Å²) in [6.45, 7) is 5.46. The van der Waals surface area contributed by atoms with E-state index in [-0.39, 0.29) is 25.4 Å². The van der Waals surface area contributed by atoms with Crippen molar-refractivity contribution >= 4 is 11.8 Å². The van der Waals surface area contributed by atoms with Crippen LogP contribution in [0, 0.1) is 11.3 Å². The maximum atomic E-state index is 12.1. The summed E-state index contributed by atoms with van der Waals surface area (Å²) in [7, 11) is 0. The first-order chi connectivity index (χ1) is 7.96. The van der Waals surface area contributed by atoms with Crippen LogP contribution in [0.5, 0.6) is 0 Å². The van der Waals surface area contributed by atoms with Crippen LogP contribution in [0.3, 0.4) is 0 Å². The van der Waals surface area contributed by atoms with E-state index in [0.717, 1.165) is 0 Å². The van der Waals surface area contributed by atoms with Gasteiger partial charge in [-0.2, -0.15) is 0 Å². The quantitative estimate of drug-likeness (QED) is 0.577. The van der Waals surface area contributed by atoms with Crippen molar-refractivity contribution in [1.82, 2.24) is 0 Å². The third-order valence-corrected chi connectivity index (χ3v) is 3.44. The molecule has 1 rings (SSSR count). The highest BCUT2D eigenvalue weighted by atomic mass is 16.5. The summed E-state index contributed by atoms with van der Waals surface area (Å²) in [5.74, 6) is -1.30. The predicted molar refractivity (Wildman–Crippen MR) is 60.4 cm³/mol. The molecule has 1 fully saturated rings. The summed E-state index contributed by atoms with van der Waals surface area (Å²) in [5, 5.41) is 9.66. The molecule has 1 aliphatic heterocycles. The molecule has 3 atom stereocenters. The van der Waals surface area contributed by atoms with Crippen molar-refractivity contribution in [2.24, 2.45) is 11.3 Å². The molecule has 0 aromatic rings. The Bertz CT molecular complexity index is 299. The lowest BCUT2D eigenvalue weighted by Gasteiger charge is -2.39. The number of hydrogen-bond donors (Lipinski definition) is 1. The first-order valence-corrected chi connectivity index (χ1v) is 5.93. The molecule has 5 nitrogen and oxygen atoms in total. The van der Waals surface area contributed by atoms with E-state index in [9.17, 15) is 14.7 Å². The van der Waals surface area contributed by atoms with Gasteiger partial charge in [0.2, 0.25) is 0 Å². The minimum atomic E-state index is -1.34. The van der Waals surface area contributed by atoms with Crippen LogP contribution in [-0.2, 0) is 19.1 Å². The highest BCUT2D eigenvalue weighted by Crippen LogP contribution is 2.37. The van der Waals surface area contributed by atoms with Gasteiger partial charge in [-0.15, -0.1) is 0 Å². The normalized spacial score (nSPS) is 28.6. The fourth-order valence-electron chi connectivity index (χ4n) is 2.12. The second-order valence-corrected chi connectivity index (χ2v) is 4.45. The summed E-state index contributed by atoms with van der Waals surface area (Å²) in [4.78, 5) is 24.1. The molecule has 0 bridgehead atoms. The smallest absolute Gasteiger partial charge is 0.322 e. The molecule has 98 valence electrons. The predicted octanol–water partition coefficient (Wildman–Crippen LogP) is 0.542. The lowest BCUT2D eigenvalue weighted by Crippen LogP contribution is -2.54. The largest absolute Gasteiger partial charge is 0.465 e. The Hall–Kier alpha value is -0.940. The Kier molecular flexibility index (Phi) is 4.65. The first-order valence-electron chi connectivity index (χ1n) is 5.93. The number of aliphatic hydroxyl groups is 1. The summed E-state index contributed by atoms with van der Waals surface area (Å²) in [6, 6.07) is 0. The zero-order valence-corrected chi connectivity index (χ0v) is 10.6. The number of ketones is 1. The highest BCUT2D eigenvalue weighted by Gasteiger charge is 2.54.